The predicted octanol–water partition coefficient (Wildman–Crippen LogP) is 3.10. The van der Waals surface area contributed by atoms with Crippen LogP contribution in [0.3, 0.4) is 0 Å². The summed E-state index contributed by atoms with van der Waals surface area (Å²) in [5, 5.41) is 0. The van der Waals surface area contributed by atoms with Crippen LogP contribution in [0, 0.1) is 6.92 Å². The summed E-state index contributed by atoms with van der Waals surface area (Å²) in [4.78, 5) is 0.134. The first-order chi connectivity index (χ1) is 11.7. The van der Waals surface area contributed by atoms with E-state index in [1.54, 1.807) is 37.3 Å². The molecule has 1 saturated heterocycles. The maximum Gasteiger partial charge on any atom is 0.261 e. The third kappa shape index (κ3) is 3.83. The molecule has 1 N–H and O–H groups in total. The molecule has 2 aromatic rings. The van der Waals surface area contributed by atoms with Gasteiger partial charge in [0.1, 0.15) is 0 Å². The Balaban J connectivity index is 1.95. The zero-order chi connectivity index (χ0) is 18.2. The fraction of sp³-hybridized carbons (Fsp3) is 0.250. The lowest BCUT2D eigenvalue weighted by molar-refractivity contribution is 0.598. The highest BCUT2D eigenvalue weighted by atomic mass is 79.9. The molecule has 2 aromatic carbocycles. The van der Waals surface area contributed by atoms with E-state index in [9.17, 15) is 16.8 Å². The maximum atomic E-state index is 12.6. The molecule has 134 valence electrons. The Bertz CT molecular complexity index is 1000. The molecule has 0 aromatic heterocycles. The van der Waals surface area contributed by atoms with Gasteiger partial charge in [0.25, 0.3) is 10.0 Å². The number of halogens is 1. The molecule has 3 rings (SSSR count). The molecule has 0 radical (unpaired) electrons. The summed E-state index contributed by atoms with van der Waals surface area (Å²) in [7, 11) is -7.08. The molecular formula is C16H17BrN2O4S2. The van der Waals surface area contributed by atoms with E-state index in [1.807, 2.05) is 0 Å². The van der Waals surface area contributed by atoms with Crippen molar-refractivity contribution >= 4 is 47.4 Å². The van der Waals surface area contributed by atoms with Gasteiger partial charge in [-0.1, -0.05) is 22.0 Å². The van der Waals surface area contributed by atoms with Crippen molar-refractivity contribution in [1.82, 2.24) is 0 Å². The van der Waals surface area contributed by atoms with Gasteiger partial charge in [-0.2, -0.15) is 0 Å². The van der Waals surface area contributed by atoms with E-state index in [-0.39, 0.29) is 10.6 Å². The van der Waals surface area contributed by atoms with Gasteiger partial charge in [0.05, 0.1) is 22.0 Å². The minimum Gasteiger partial charge on any atom is -0.279 e. The normalized spacial score (nSPS) is 16.8. The molecule has 0 bridgehead atoms. The van der Waals surface area contributed by atoms with Crippen molar-refractivity contribution < 1.29 is 16.8 Å². The molecular weight excluding hydrogens is 428 g/mol. The molecule has 0 unspecified atom stereocenters. The minimum atomic E-state index is -3.76. The molecule has 0 spiro atoms. The lowest BCUT2D eigenvalue weighted by Gasteiger charge is -2.19. The van der Waals surface area contributed by atoms with Crippen LogP contribution >= 0.6 is 15.9 Å². The number of benzene rings is 2. The van der Waals surface area contributed by atoms with Gasteiger partial charge in [0.2, 0.25) is 10.0 Å². The van der Waals surface area contributed by atoms with E-state index >= 15 is 0 Å². The van der Waals surface area contributed by atoms with Crippen LogP contribution in [-0.4, -0.2) is 29.1 Å². The highest BCUT2D eigenvalue weighted by molar-refractivity contribution is 9.10. The Hall–Kier alpha value is -1.58. The van der Waals surface area contributed by atoms with Gasteiger partial charge in [-0.25, -0.2) is 16.8 Å². The molecule has 0 aliphatic carbocycles. The Kier molecular flexibility index (Phi) is 4.82. The first kappa shape index (κ1) is 18.2. The van der Waals surface area contributed by atoms with Crippen LogP contribution in [0.1, 0.15) is 12.0 Å². The van der Waals surface area contributed by atoms with Crippen molar-refractivity contribution in [2.45, 2.75) is 18.2 Å². The van der Waals surface area contributed by atoms with Crippen molar-refractivity contribution in [1.29, 1.82) is 0 Å². The summed E-state index contributed by atoms with van der Waals surface area (Å²) in [5.41, 5.74) is 1.54. The second-order valence-electron chi connectivity index (χ2n) is 5.80. The molecule has 6 nitrogen and oxygen atoms in total. The van der Waals surface area contributed by atoms with Gasteiger partial charge in [-0.3, -0.25) is 9.03 Å². The number of rotatable bonds is 4. The second kappa shape index (κ2) is 6.62. The summed E-state index contributed by atoms with van der Waals surface area (Å²) < 4.78 is 53.9. The summed E-state index contributed by atoms with van der Waals surface area (Å²) in [6, 6.07) is 11.3. The topological polar surface area (TPSA) is 83.6 Å². The molecule has 0 saturated carbocycles. The lowest BCUT2D eigenvalue weighted by Crippen LogP contribution is -2.25. The van der Waals surface area contributed by atoms with Crippen LogP contribution < -0.4 is 9.03 Å². The number of nitrogens with zero attached hydrogens (tertiary/aromatic N) is 1. The third-order valence-electron chi connectivity index (χ3n) is 3.98. The Morgan fingerprint density at radius 1 is 1.12 bits per heavy atom. The number of nitrogens with one attached hydrogen (secondary N) is 1. The van der Waals surface area contributed by atoms with E-state index < -0.39 is 20.0 Å². The minimum absolute atomic E-state index is 0.112. The van der Waals surface area contributed by atoms with Gasteiger partial charge in [-0.05, 0) is 55.3 Å². The zero-order valence-corrected chi connectivity index (χ0v) is 16.7. The quantitative estimate of drug-likeness (QED) is 0.784. The molecule has 1 fully saturated rings. The summed E-state index contributed by atoms with van der Waals surface area (Å²) in [6.45, 7) is 2.17. The van der Waals surface area contributed by atoms with Crippen LogP contribution in [0.5, 0.6) is 0 Å². The fourth-order valence-electron chi connectivity index (χ4n) is 2.62. The van der Waals surface area contributed by atoms with Crippen LogP contribution in [0.15, 0.2) is 51.8 Å². The largest absolute Gasteiger partial charge is 0.279 e. The van der Waals surface area contributed by atoms with Gasteiger partial charge in [0.15, 0.2) is 0 Å². The van der Waals surface area contributed by atoms with Crippen LogP contribution in [0.2, 0.25) is 0 Å². The van der Waals surface area contributed by atoms with Crippen molar-refractivity contribution in [2.24, 2.45) is 0 Å². The van der Waals surface area contributed by atoms with E-state index in [1.165, 1.54) is 16.4 Å². The Morgan fingerprint density at radius 3 is 2.40 bits per heavy atom. The van der Waals surface area contributed by atoms with E-state index in [0.717, 1.165) is 4.47 Å². The monoisotopic (exact) mass is 444 g/mol. The maximum absolute atomic E-state index is 12.6. The molecule has 9 heteroatoms. The van der Waals surface area contributed by atoms with Gasteiger partial charge < -0.3 is 0 Å². The van der Waals surface area contributed by atoms with Crippen LogP contribution in [-0.2, 0) is 20.0 Å². The number of hydrogen-bond acceptors (Lipinski definition) is 4. The summed E-state index contributed by atoms with van der Waals surface area (Å²) in [6.07, 6.45) is 0.566. The van der Waals surface area contributed by atoms with Gasteiger partial charge in [0, 0.05) is 11.0 Å². The average Bonchev–Trinajstić information content (AvgIpc) is 2.89. The zero-order valence-electron chi connectivity index (χ0n) is 13.4. The smallest absolute Gasteiger partial charge is 0.261 e. The molecule has 1 heterocycles. The van der Waals surface area contributed by atoms with Crippen LogP contribution in [0.4, 0.5) is 11.4 Å². The number of anilines is 2. The first-order valence-corrected chi connectivity index (χ1v) is 11.5. The molecule has 1 aliphatic heterocycles. The predicted molar refractivity (Wildman–Crippen MR) is 102 cm³/mol. The van der Waals surface area contributed by atoms with E-state index in [4.69, 9.17) is 0 Å². The van der Waals surface area contributed by atoms with Crippen molar-refractivity contribution in [3.05, 3.63) is 52.5 Å². The fourth-order valence-corrected chi connectivity index (χ4v) is 5.56. The van der Waals surface area contributed by atoms with E-state index in [0.29, 0.717) is 29.9 Å². The molecule has 0 atom stereocenters. The highest BCUT2D eigenvalue weighted by Crippen LogP contribution is 2.30. The first-order valence-electron chi connectivity index (χ1n) is 7.58. The SMILES string of the molecule is Cc1ccc(N2CCCS2(=O)=O)cc1NS(=O)(=O)c1ccc(Br)cc1. The van der Waals surface area contributed by atoms with Crippen molar-refractivity contribution in [3.8, 4) is 0 Å². The summed E-state index contributed by atoms with van der Waals surface area (Å²) in [5.74, 6) is 0.112. The van der Waals surface area contributed by atoms with Crippen molar-refractivity contribution in [2.75, 3.05) is 21.3 Å². The average molecular weight is 445 g/mol. The van der Waals surface area contributed by atoms with E-state index in [2.05, 4.69) is 20.7 Å². The molecule has 25 heavy (non-hydrogen) atoms. The highest BCUT2D eigenvalue weighted by Gasteiger charge is 2.29. The van der Waals surface area contributed by atoms with Gasteiger partial charge >= 0.3 is 0 Å². The number of sulfonamides is 2. The Labute approximate surface area is 156 Å². The summed E-state index contributed by atoms with van der Waals surface area (Å²) >= 11 is 3.27. The third-order valence-corrected chi connectivity index (χ3v) is 7.76. The second-order valence-corrected chi connectivity index (χ2v) is 10.4. The standard InChI is InChI=1S/C16H17BrN2O4S2/c1-12-3-6-14(19-9-2-10-24(19,20)21)11-16(12)18-25(22,23)15-7-4-13(17)5-8-15/h3-8,11,18H,2,9-10H2,1H3. The molecule has 0 amide bonds. The lowest BCUT2D eigenvalue weighted by atomic mass is 10.2. The Morgan fingerprint density at radius 2 is 1.80 bits per heavy atom. The van der Waals surface area contributed by atoms with Crippen molar-refractivity contribution in [3.63, 3.8) is 0 Å². The van der Waals surface area contributed by atoms with Crippen LogP contribution in [0.25, 0.3) is 0 Å². The number of hydrogen-bond donors (Lipinski definition) is 1. The number of aryl methyl sites for hydroxylation is 1. The van der Waals surface area contributed by atoms with Gasteiger partial charge in [-0.15, -0.1) is 0 Å². The molecule has 1 aliphatic rings.